The average molecular weight is 432 g/mol. The fourth-order valence-corrected chi connectivity index (χ4v) is 4.78. The van der Waals surface area contributed by atoms with Gasteiger partial charge in [-0.15, -0.1) is 0 Å². The van der Waals surface area contributed by atoms with E-state index in [2.05, 4.69) is 17.4 Å². The Morgan fingerprint density at radius 3 is 2.50 bits per heavy atom. The summed E-state index contributed by atoms with van der Waals surface area (Å²) in [7, 11) is -2.15. The van der Waals surface area contributed by atoms with Gasteiger partial charge in [-0.3, -0.25) is 15.6 Å². The molecule has 0 spiro atoms. The summed E-state index contributed by atoms with van der Waals surface area (Å²) in [6.07, 6.45) is 2.70. The smallest absolute Gasteiger partial charge is 0.269 e. The number of hydrogen-bond donors (Lipinski definition) is 3. The Kier molecular flexibility index (Phi) is 6.63. The highest BCUT2D eigenvalue weighted by Gasteiger charge is 2.26. The predicted octanol–water partition coefficient (Wildman–Crippen LogP) is 2.48. The number of phenols is 1. The number of nitrogens with zero attached hydrogens (tertiary/aromatic N) is 1. The number of hydrogen-bond acceptors (Lipinski definition) is 6. The van der Waals surface area contributed by atoms with Gasteiger partial charge in [-0.1, -0.05) is 19.1 Å². The number of carbonyl (C=O) groups is 1. The van der Waals surface area contributed by atoms with Crippen molar-refractivity contribution in [1.29, 1.82) is 0 Å². The molecule has 160 valence electrons. The van der Waals surface area contributed by atoms with E-state index in [0.29, 0.717) is 24.4 Å². The topological polar surface area (TPSA) is 108 Å². The number of methoxy groups -OCH3 is 1. The van der Waals surface area contributed by atoms with Gasteiger partial charge in [0.2, 0.25) is 10.0 Å². The summed E-state index contributed by atoms with van der Waals surface area (Å²) in [5.41, 5.74) is 5.95. The number of phenolic OH excluding ortho intramolecular Hbond substituents is 1. The van der Waals surface area contributed by atoms with E-state index >= 15 is 0 Å². The molecule has 1 aliphatic rings. The number of hydrazine groups is 1. The van der Waals surface area contributed by atoms with E-state index < -0.39 is 15.9 Å². The lowest BCUT2D eigenvalue weighted by Crippen LogP contribution is -2.37. The molecule has 2 aromatic carbocycles. The molecule has 0 unspecified atom stereocenters. The van der Waals surface area contributed by atoms with Gasteiger partial charge in [0.05, 0.1) is 17.7 Å². The van der Waals surface area contributed by atoms with E-state index in [4.69, 9.17) is 4.74 Å². The van der Waals surface area contributed by atoms with Gasteiger partial charge in [0, 0.05) is 30.3 Å². The van der Waals surface area contributed by atoms with Gasteiger partial charge in [0.25, 0.3) is 5.91 Å². The minimum absolute atomic E-state index is 0.0595. The van der Waals surface area contributed by atoms with Crippen molar-refractivity contribution in [2.24, 2.45) is 0 Å². The Labute approximate surface area is 176 Å². The summed E-state index contributed by atoms with van der Waals surface area (Å²) in [6, 6.07) is 10.6. The fourth-order valence-electron chi connectivity index (χ4n) is 3.22. The van der Waals surface area contributed by atoms with Crippen molar-refractivity contribution in [3.05, 3.63) is 60.2 Å². The second kappa shape index (κ2) is 9.19. The van der Waals surface area contributed by atoms with Gasteiger partial charge < -0.3 is 9.84 Å². The lowest BCUT2D eigenvalue weighted by atomic mass is 10.1. The zero-order valence-corrected chi connectivity index (χ0v) is 17.5. The first-order valence-corrected chi connectivity index (χ1v) is 11.0. The second-order valence-corrected chi connectivity index (χ2v) is 8.87. The van der Waals surface area contributed by atoms with Gasteiger partial charge >= 0.3 is 0 Å². The third-order valence-corrected chi connectivity index (χ3v) is 6.80. The molecule has 1 fully saturated rings. The normalized spacial score (nSPS) is 14.7. The van der Waals surface area contributed by atoms with Crippen LogP contribution in [0.15, 0.2) is 53.9 Å². The van der Waals surface area contributed by atoms with Crippen LogP contribution in [0.4, 0.5) is 0 Å². The minimum Gasteiger partial charge on any atom is -0.507 e. The summed E-state index contributed by atoms with van der Waals surface area (Å²) in [6.45, 7) is 4.78. The minimum atomic E-state index is -3.63. The highest BCUT2D eigenvalue weighted by atomic mass is 32.2. The number of amides is 1. The van der Waals surface area contributed by atoms with Gasteiger partial charge in [-0.05, 0) is 43.2 Å². The SMILES string of the molecule is C=C(NNC(=O)c1cccc(S(=O)(=O)N2CCCCC2)c1)c1ccc(OC)cc1O. The number of rotatable bonds is 7. The molecule has 1 saturated heterocycles. The van der Waals surface area contributed by atoms with Crippen LogP contribution in [-0.2, 0) is 10.0 Å². The molecule has 0 atom stereocenters. The van der Waals surface area contributed by atoms with Crippen molar-refractivity contribution in [2.45, 2.75) is 24.2 Å². The molecule has 2 aromatic rings. The molecule has 8 nitrogen and oxygen atoms in total. The maximum Gasteiger partial charge on any atom is 0.269 e. The summed E-state index contributed by atoms with van der Waals surface area (Å²) in [5, 5.41) is 10.1. The highest BCUT2D eigenvalue weighted by molar-refractivity contribution is 7.89. The first-order chi connectivity index (χ1) is 14.3. The van der Waals surface area contributed by atoms with E-state index in [1.807, 2.05) is 0 Å². The summed E-state index contributed by atoms with van der Waals surface area (Å²) >= 11 is 0. The largest absolute Gasteiger partial charge is 0.507 e. The highest BCUT2D eigenvalue weighted by Crippen LogP contribution is 2.27. The predicted molar refractivity (Wildman–Crippen MR) is 113 cm³/mol. The zero-order chi connectivity index (χ0) is 21.7. The Morgan fingerprint density at radius 2 is 1.83 bits per heavy atom. The van der Waals surface area contributed by atoms with E-state index in [-0.39, 0.29) is 21.9 Å². The number of sulfonamides is 1. The molecular weight excluding hydrogens is 406 g/mol. The van der Waals surface area contributed by atoms with Crippen molar-refractivity contribution < 1.29 is 23.1 Å². The molecule has 30 heavy (non-hydrogen) atoms. The van der Waals surface area contributed by atoms with Crippen LogP contribution in [0.25, 0.3) is 5.70 Å². The molecule has 1 aliphatic heterocycles. The van der Waals surface area contributed by atoms with Crippen LogP contribution in [0, 0.1) is 0 Å². The molecule has 3 N–H and O–H groups in total. The molecule has 0 bridgehead atoms. The van der Waals surface area contributed by atoms with Crippen LogP contribution in [0.5, 0.6) is 11.5 Å². The number of nitrogens with one attached hydrogen (secondary N) is 2. The number of carbonyl (C=O) groups excluding carboxylic acids is 1. The van der Waals surface area contributed by atoms with Crippen LogP contribution >= 0.6 is 0 Å². The fraction of sp³-hybridized carbons (Fsp3) is 0.286. The second-order valence-electron chi connectivity index (χ2n) is 6.93. The number of ether oxygens (including phenoxy) is 1. The Morgan fingerprint density at radius 1 is 1.10 bits per heavy atom. The summed E-state index contributed by atoms with van der Waals surface area (Å²) in [5.74, 6) is -0.101. The van der Waals surface area contributed by atoms with Crippen LogP contribution in [0.2, 0.25) is 0 Å². The molecule has 9 heteroatoms. The number of aromatic hydroxyl groups is 1. The molecule has 0 aliphatic carbocycles. The quantitative estimate of drug-likeness (QED) is 0.582. The van der Waals surface area contributed by atoms with Gasteiger partial charge in [0.15, 0.2) is 0 Å². The standard InChI is InChI=1S/C21H25N3O5S/c1-15(19-10-9-17(29-2)14-20(19)25)22-23-21(26)16-7-6-8-18(13-16)30(27,28)24-11-4-3-5-12-24/h6-10,13-14,22,25H,1,3-5,11-12H2,2H3,(H,23,26). The van der Waals surface area contributed by atoms with Crippen LogP contribution in [0.1, 0.15) is 35.2 Å². The Balaban J connectivity index is 1.69. The molecular formula is C21H25N3O5S. The molecule has 0 saturated carbocycles. The monoisotopic (exact) mass is 431 g/mol. The molecule has 0 aromatic heterocycles. The zero-order valence-electron chi connectivity index (χ0n) is 16.7. The van der Waals surface area contributed by atoms with Crippen LogP contribution in [-0.4, -0.2) is 43.9 Å². The molecule has 1 amide bonds. The van der Waals surface area contributed by atoms with Gasteiger partial charge in [-0.25, -0.2) is 8.42 Å². The van der Waals surface area contributed by atoms with Crippen molar-refractivity contribution in [3.63, 3.8) is 0 Å². The van der Waals surface area contributed by atoms with Gasteiger partial charge in [-0.2, -0.15) is 4.31 Å². The average Bonchev–Trinajstić information content (AvgIpc) is 2.77. The molecule has 1 heterocycles. The lowest BCUT2D eigenvalue weighted by molar-refractivity contribution is 0.0942. The number of benzene rings is 2. The van der Waals surface area contributed by atoms with Crippen molar-refractivity contribution in [2.75, 3.05) is 20.2 Å². The first-order valence-electron chi connectivity index (χ1n) is 9.56. The third kappa shape index (κ3) is 4.74. The van der Waals surface area contributed by atoms with E-state index in [1.165, 1.54) is 41.7 Å². The Bertz CT molecular complexity index is 1050. The van der Waals surface area contributed by atoms with Crippen LogP contribution in [0.3, 0.4) is 0 Å². The number of piperidine rings is 1. The first kappa shape index (κ1) is 21.7. The maximum atomic E-state index is 12.8. The van der Waals surface area contributed by atoms with Crippen molar-refractivity contribution in [1.82, 2.24) is 15.2 Å². The summed E-state index contributed by atoms with van der Waals surface area (Å²) < 4.78 is 32.2. The van der Waals surface area contributed by atoms with E-state index in [0.717, 1.165) is 19.3 Å². The van der Waals surface area contributed by atoms with Crippen LogP contribution < -0.4 is 15.6 Å². The van der Waals surface area contributed by atoms with E-state index in [1.54, 1.807) is 12.1 Å². The van der Waals surface area contributed by atoms with Crippen molar-refractivity contribution >= 4 is 21.6 Å². The lowest BCUT2D eigenvalue weighted by Gasteiger charge is -2.26. The van der Waals surface area contributed by atoms with Gasteiger partial charge in [0.1, 0.15) is 11.5 Å². The Hall–Kier alpha value is -3.04. The van der Waals surface area contributed by atoms with Crippen molar-refractivity contribution in [3.8, 4) is 11.5 Å². The van der Waals surface area contributed by atoms with E-state index in [9.17, 15) is 18.3 Å². The summed E-state index contributed by atoms with van der Waals surface area (Å²) in [4.78, 5) is 12.6. The third-order valence-electron chi connectivity index (χ3n) is 4.91. The molecule has 0 radical (unpaired) electrons. The maximum absolute atomic E-state index is 12.8. The molecule has 3 rings (SSSR count).